The van der Waals surface area contributed by atoms with Crippen molar-refractivity contribution in [2.45, 2.75) is 39.0 Å². The number of fused-ring (bicyclic) bond motifs is 1. The van der Waals surface area contributed by atoms with E-state index < -0.39 is 20.0 Å². The fraction of sp³-hybridized carbons (Fsp3) is 0.571. The summed E-state index contributed by atoms with van der Waals surface area (Å²) >= 11 is 0. The van der Waals surface area contributed by atoms with Crippen LogP contribution in [0, 0.1) is 5.92 Å². The lowest BCUT2D eigenvalue weighted by molar-refractivity contribution is -0.118. The summed E-state index contributed by atoms with van der Waals surface area (Å²) in [6.07, 6.45) is 2.15. The molecular formula is C14H21N6O5P. The van der Waals surface area contributed by atoms with Gasteiger partial charge in [0.25, 0.3) is 13.7 Å². The smallest absolute Gasteiger partial charge is 0.280 e. The Bertz CT molecular complexity index is 894. The molecule has 3 rings (SSSR count). The summed E-state index contributed by atoms with van der Waals surface area (Å²) in [5.41, 5.74) is 5.15. The van der Waals surface area contributed by atoms with Crippen LogP contribution in [-0.2, 0) is 18.6 Å². The summed E-state index contributed by atoms with van der Waals surface area (Å²) in [6.45, 7) is 3.61. The van der Waals surface area contributed by atoms with Crippen molar-refractivity contribution in [2.24, 2.45) is 11.4 Å². The molecule has 12 heteroatoms. The number of carbonyl (C=O) groups excluding carboxylic acids is 1. The monoisotopic (exact) mass is 384 g/mol. The van der Waals surface area contributed by atoms with Crippen molar-refractivity contribution in [1.29, 1.82) is 0 Å². The van der Waals surface area contributed by atoms with Crippen molar-refractivity contribution in [2.75, 3.05) is 11.9 Å². The van der Waals surface area contributed by atoms with E-state index in [1.807, 2.05) is 0 Å². The Kier molecular flexibility index (Phi) is 5.52. The number of aromatic amines is 1. The number of hydrogen-bond donors (Lipinski definition) is 3. The minimum absolute atomic E-state index is 0.0579. The number of carbonyl (C=O) groups is 1. The fourth-order valence-corrected chi connectivity index (χ4v) is 3.00. The van der Waals surface area contributed by atoms with Gasteiger partial charge in [-0.05, 0) is 12.8 Å². The van der Waals surface area contributed by atoms with Gasteiger partial charge in [0.1, 0.15) is 6.23 Å². The van der Waals surface area contributed by atoms with E-state index >= 15 is 0 Å². The maximum atomic E-state index is 12.2. The second kappa shape index (κ2) is 7.67. The number of anilines is 1. The third-order valence-electron chi connectivity index (χ3n) is 4.01. The average Bonchev–Trinajstić information content (AvgIpc) is 3.19. The fourth-order valence-electron chi connectivity index (χ4n) is 2.65. The van der Waals surface area contributed by atoms with Crippen LogP contribution >= 0.6 is 8.18 Å². The van der Waals surface area contributed by atoms with Crippen molar-refractivity contribution in [3.8, 4) is 0 Å². The molecule has 11 nitrogen and oxygen atoms in total. The Morgan fingerprint density at radius 3 is 3.04 bits per heavy atom. The number of aromatic nitrogens is 4. The number of H-pyrrole nitrogens is 1. The highest BCUT2D eigenvalue weighted by Gasteiger charge is 2.29. The Morgan fingerprint density at radius 1 is 1.58 bits per heavy atom. The number of hydrogen-bond acceptors (Lipinski definition) is 7. The normalized spacial score (nSPS) is 21.4. The van der Waals surface area contributed by atoms with Gasteiger partial charge in [0.15, 0.2) is 11.2 Å². The number of ether oxygens (including phenoxy) is 1. The van der Waals surface area contributed by atoms with Crippen molar-refractivity contribution >= 4 is 31.2 Å². The zero-order valence-corrected chi connectivity index (χ0v) is 15.4. The predicted octanol–water partition coefficient (Wildman–Crippen LogP) is 0.757. The lowest BCUT2D eigenvalue weighted by atomic mass is 10.2. The number of imidazole rings is 1. The van der Waals surface area contributed by atoms with E-state index in [1.54, 1.807) is 18.4 Å². The SMILES string of the molecule is CC(C)C(=O)Nc1nc2c(ncn2[C@H]2CC[C@@H](CO[PH](N)=O)O2)c(=O)[nH]1. The molecule has 1 saturated heterocycles. The maximum Gasteiger partial charge on any atom is 0.280 e. The molecule has 1 aliphatic rings. The molecule has 1 unspecified atom stereocenters. The zero-order chi connectivity index (χ0) is 18.8. The van der Waals surface area contributed by atoms with Crippen LogP contribution in [0.15, 0.2) is 11.1 Å². The van der Waals surface area contributed by atoms with E-state index in [0.29, 0.717) is 18.5 Å². The Labute approximate surface area is 149 Å². The molecule has 4 N–H and O–H groups in total. The van der Waals surface area contributed by atoms with Gasteiger partial charge in [-0.2, -0.15) is 4.98 Å². The largest absolute Gasteiger partial charge is 0.352 e. The van der Waals surface area contributed by atoms with Gasteiger partial charge in [-0.3, -0.25) is 34.5 Å². The van der Waals surface area contributed by atoms with Gasteiger partial charge in [0.05, 0.1) is 19.0 Å². The van der Waals surface area contributed by atoms with Gasteiger partial charge in [-0.1, -0.05) is 13.8 Å². The van der Waals surface area contributed by atoms with Gasteiger partial charge in [-0.15, -0.1) is 0 Å². The maximum absolute atomic E-state index is 12.2. The van der Waals surface area contributed by atoms with E-state index in [-0.39, 0.29) is 36.0 Å². The minimum atomic E-state index is -2.50. The second-order valence-corrected chi connectivity index (χ2v) is 7.23. The Morgan fingerprint density at radius 2 is 2.35 bits per heavy atom. The molecule has 1 fully saturated rings. The molecule has 0 saturated carbocycles. The van der Waals surface area contributed by atoms with Crippen LogP contribution < -0.4 is 16.4 Å². The summed E-state index contributed by atoms with van der Waals surface area (Å²) in [4.78, 5) is 34.9. The molecular weight excluding hydrogens is 363 g/mol. The van der Waals surface area contributed by atoms with E-state index in [9.17, 15) is 14.2 Å². The van der Waals surface area contributed by atoms with E-state index in [0.717, 1.165) is 0 Å². The van der Waals surface area contributed by atoms with Crippen LogP contribution in [0.25, 0.3) is 11.2 Å². The summed E-state index contributed by atoms with van der Waals surface area (Å²) in [5.74, 6) is -0.456. The second-order valence-electron chi connectivity index (χ2n) is 6.30. The van der Waals surface area contributed by atoms with Crippen molar-refractivity contribution < 1.29 is 18.6 Å². The van der Waals surface area contributed by atoms with Gasteiger partial charge in [0.2, 0.25) is 11.9 Å². The van der Waals surface area contributed by atoms with Crippen molar-refractivity contribution in [3.63, 3.8) is 0 Å². The quantitative estimate of drug-likeness (QED) is 0.617. The molecule has 0 radical (unpaired) electrons. The predicted molar refractivity (Wildman–Crippen MR) is 93.9 cm³/mol. The molecule has 3 heterocycles. The first kappa shape index (κ1) is 18.7. The molecule has 0 aliphatic carbocycles. The lowest BCUT2D eigenvalue weighted by Gasteiger charge is -2.15. The molecule has 0 spiro atoms. The Hall–Kier alpha value is -2.07. The molecule has 2 aromatic heterocycles. The van der Waals surface area contributed by atoms with Crippen LogP contribution in [0.4, 0.5) is 5.95 Å². The Balaban J connectivity index is 1.83. The number of nitrogens with two attached hydrogens (primary N) is 1. The third-order valence-corrected chi connectivity index (χ3v) is 4.46. The molecule has 142 valence electrons. The molecule has 1 amide bonds. The van der Waals surface area contributed by atoms with Crippen LogP contribution in [0.5, 0.6) is 0 Å². The van der Waals surface area contributed by atoms with Crippen molar-refractivity contribution in [1.82, 2.24) is 19.5 Å². The van der Waals surface area contributed by atoms with Crippen LogP contribution in [0.2, 0.25) is 0 Å². The van der Waals surface area contributed by atoms with Crippen LogP contribution in [-0.4, -0.2) is 38.1 Å². The topological polar surface area (TPSA) is 154 Å². The molecule has 1 aliphatic heterocycles. The number of nitrogens with zero attached hydrogens (tertiary/aromatic N) is 3. The first-order valence-electron chi connectivity index (χ1n) is 8.20. The highest BCUT2D eigenvalue weighted by molar-refractivity contribution is 7.36. The van der Waals surface area contributed by atoms with Crippen molar-refractivity contribution in [3.05, 3.63) is 16.7 Å². The van der Waals surface area contributed by atoms with Gasteiger partial charge in [0, 0.05) is 5.92 Å². The average molecular weight is 384 g/mol. The van der Waals surface area contributed by atoms with Gasteiger partial charge in [-0.25, -0.2) is 4.98 Å². The first-order chi connectivity index (χ1) is 12.3. The highest BCUT2D eigenvalue weighted by Crippen LogP contribution is 2.31. The van der Waals surface area contributed by atoms with E-state index in [1.165, 1.54) is 6.33 Å². The standard InChI is InChI=1S/C14H21N6O5P/c1-7(2)12(21)18-14-17-11-10(13(22)19-14)16-6-20(11)9-4-3-8(25-9)5-24-26(15)23/h6-9,26H,3-5H2,1-2H3,(H2,15,23)(H2,17,18,19,21,22)/t8-,9+/m0/s1. The summed E-state index contributed by atoms with van der Waals surface area (Å²) in [7, 11) is -2.50. The van der Waals surface area contributed by atoms with E-state index in [2.05, 4.69) is 20.3 Å². The molecule has 26 heavy (non-hydrogen) atoms. The number of amides is 1. The third kappa shape index (κ3) is 4.01. The summed E-state index contributed by atoms with van der Waals surface area (Å²) in [6, 6.07) is 0. The number of nitrogens with one attached hydrogen (secondary N) is 2. The molecule has 3 atom stereocenters. The molecule has 0 bridgehead atoms. The van der Waals surface area contributed by atoms with Gasteiger partial charge >= 0.3 is 0 Å². The molecule has 0 aromatic carbocycles. The highest BCUT2D eigenvalue weighted by atomic mass is 31.1. The summed E-state index contributed by atoms with van der Waals surface area (Å²) in [5, 5.41) is 2.57. The summed E-state index contributed by atoms with van der Waals surface area (Å²) < 4.78 is 23.3. The molecule has 2 aromatic rings. The lowest BCUT2D eigenvalue weighted by Crippen LogP contribution is -2.22. The van der Waals surface area contributed by atoms with Gasteiger partial charge < -0.3 is 9.26 Å². The zero-order valence-electron chi connectivity index (χ0n) is 14.4. The number of rotatable bonds is 6. The first-order valence-corrected chi connectivity index (χ1v) is 9.60. The minimum Gasteiger partial charge on any atom is -0.352 e. The van der Waals surface area contributed by atoms with Crippen LogP contribution in [0.1, 0.15) is 32.9 Å². The van der Waals surface area contributed by atoms with E-state index in [4.69, 9.17) is 14.8 Å². The van der Waals surface area contributed by atoms with Crippen LogP contribution in [0.3, 0.4) is 0 Å².